The van der Waals surface area contributed by atoms with Gasteiger partial charge < -0.3 is 11.1 Å². The lowest BCUT2D eigenvalue weighted by Crippen LogP contribution is -2.44. The molecule has 1 aliphatic carbocycles. The average Bonchev–Trinajstić information content (AvgIpc) is 2.65. The van der Waals surface area contributed by atoms with E-state index in [1.807, 2.05) is 0 Å². The van der Waals surface area contributed by atoms with Crippen molar-refractivity contribution in [1.29, 1.82) is 0 Å². The van der Waals surface area contributed by atoms with Crippen molar-refractivity contribution in [2.45, 2.75) is 12.0 Å². The molecule has 0 aromatic heterocycles. The zero-order valence-electron chi connectivity index (χ0n) is 6.04. The van der Waals surface area contributed by atoms with Crippen molar-refractivity contribution >= 4 is 12.3 Å². The molecule has 0 radical (unpaired) electrons. The van der Waals surface area contributed by atoms with Crippen LogP contribution in [0.1, 0.15) is 6.42 Å². The molecule has 0 aromatic carbocycles. The topological polar surface area (TPSA) is 72.2 Å². The van der Waals surface area contributed by atoms with Gasteiger partial charge in [0.15, 0.2) is 0 Å². The smallest absolute Gasteiger partial charge is 0.243 e. The number of carbonyl (C=O) groups excluding carboxylic acids is 2. The molecule has 2 atom stereocenters. The van der Waals surface area contributed by atoms with Crippen LogP contribution < -0.4 is 11.1 Å². The van der Waals surface area contributed by atoms with Crippen LogP contribution in [0.5, 0.6) is 0 Å². The van der Waals surface area contributed by atoms with E-state index in [1.165, 1.54) is 0 Å². The molecule has 2 amide bonds. The molecule has 0 spiro atoms. The summed E-state index contributed by atoms with van der Waals surface area (Å²) in [6, 6.07) is 0. The molecule has 4 heteroatoms. The number of rotatable bonds is 4. The standard InChI is InChI=1S/C7H10N2O2/c1-2-5-3-7(5,6(8)11)9-4-10/h2,4-5H,1,3H2,(H2,8,11)(H,9,10)/t5-,7-/m1/s1. The van der Waals surface area contributed by atoms with Gasteiger partial charge in [-0.25, -0.2) is 0 Å². The Morgan fingerprint density at radius 3 is 2.73 bits per heavy atom. The predicted octanol–water partition coefficient (Wildman–Crippen LogP) is -0.838. The average molecular weight is 154 g/mol. The van der Waals surface area contributed by atoms with Crippen molar-refractivity contribution in [3.05, 3.63) is 12.7 Å². The normalized spacial score (nSPS) is 34.0. The molecule has 1 saturated carbocycles. The Labute approximate surface area is 64.4 Å². The van der Waals surface area contributed by atoms with Crippen molar-refractivity contribution in [2.75, 3.05) is 0 Å². The van der Waals surface area contributed by atoms with E-state index in [0.717, 1.165) is 0 Å². The Balaban J connectivity index is 2.69. The number of amides is 2. The Hall–Kier alpha value is -1.32. The van der Waals surface area contributed by atoms with Gasteiger partial charge in [0.1, 0.15) is 5.54 Å². The summed E-state index contributed by atoms with van der Waals surface area (Å²) in [6.07, 6.45) is 2.69. The van der Waals surface area contributed by atoms with E-state index in [9.17, 15) is 9.59 Å². The monoisotopic (exact) mass is 154 g/mol. The summed E-state index contributed by atoms with van der Waals surface area (Å²) >= 11 is 0. The van der Waals surface area contributed by atoms with Crippen LogP contribution in [0.2, 0.25) is 0 Å². The fourth-order valence-corrected chi connectivity index (χ4v) is 1.20. The molecule has 0 heterocycles. The largest absolute Gasteiger partial charge is 0.368 e. The van der Waals surface area contributed by atoms with Crippen LogP contribution in [-0.2, 0) is 9.59 Å². The first kappa shape index (κ1) is 7.78. The maximum Gasteiger partial charge on any atom is 0.243 e. The second kappa shape index (κ2) is 2.38. The van der Waals surface area contributed by atoms with Gasteiger partial charge >= 0.3 is 0 Å². The summed E-state index contributed by atoms with van der Waals surface area (Å²) in [7, 11) is 0. The lowest BCUT2D eigenvalue weighted by atomic mass is 10.2. The fourth-order valence-electron chi connectivity index (χ4n) is 1.20. The molecule has 3 N–H and O–H groups in total. The molecule has 0 unspecified atom stereocenters. The summed E-state index contributed by atoms with van der Waals surface area (Å²) < 4.78 is 0. The first-order valence-electron chi connectivity index (χ1n) is 3.31. The summed E-state index contributed by atoms with van der Waals surface area (Å²) in [5.74, 6) is -0.486. The number of hydrogen-bond donors (Lipinski definition) is 2. The number of hydrogen-bond acceptors (Lipinski definition) is 2. The minimum Gasteiger partial charge on any atom is -0.368 e. The van der Waals surface area contributed by atoms with Crippen LogP contribution >= 0.6 is 0 Å². The van der Waals surface area contributed by atoms with Gasteiger partial charge in [-0.3, -0.25) is 9.59 Å². The Morgan fingerprint density at radius 2 is 2.45 bits per heavy atom. The third-order valence-corrected chi connectivity index (χ3v) is 2.06. The third-order valence-electron chi connectivity index (χ3n) is 2.06. The van der Waals surface area contributed by atoms with Gasteiger partial charge in [0.05, 0.1) is 0 Å². The quantitative estimate of drug-likeness (QED) is 0.409. The number of primary amides is 1. The van der Waals surface area contributed by atoms with E-state index in [0.29, 0.717) is 12.8 Å². The van der Waals surface area contributed by atoms with Crippen LogP contribution in [0.15, 0.2) is 12.7 Å². The molecule has 11 heavy (non-hydrogen) atoms. The minimum absolute atomic E-state index is 0.00481. The van der Waals surface area contributed by atoms with Crippen molar-refractivity contribution in [2.24, 2.45) is 11.7 Å². The van der Waals surface area contributed by atoms with E-state index in [4.69, 9.17) is 5.73 Å². The van der Waals surface area contributed by atoms with Gasteiger partial charge in [0.25, 0.3) is 0 Å². The van der Waals surface area contributed by atoms with Gasteiger partial charge in [-0.2, -0.15) is 0 Å². The molecule has 0 aliphatic heterocycles. The summed E-state index contributed by atoms with van der Waals surface area (Å²) in [5, 5.41) is 2.41. The highest BCUT2D eigenvalue weighted by Crippen LogP contribution is 2.43. The van der Waals surface area contributed by atoms with Crippen molar-refractivity contribution < 1.29 is 9.59 Å². The van der Waals surface area contributed by atoms with Crippen molar-refractivity contribution in [3.8, 4) is 0 Å². The molecule has 60 valence electrons. The molecular weight excluding hydrogens is 144 g/mol. The summed E-state index contributed by atoms with van der Waals surface area (Å²) in [6.45, 7) is 3.52. The molecule has 1 rings (SSSR count). The molecular formula is C7H10N2O2. The van der Waals surface area contributed by atoms with Crippen LogP contribution in [-0.4, -0.2) is 17.9 Å². The zero-order chi connectivity index (χ0) is 8.48. The fraction of sp³-hybridized carbons (Fsp3) is 0.429. The van der Waals surface area contributed by atoms with E-state index in [-0.39, 0.29) is 5.92 Å². The Bertz CT molecular complexity index is 214. The number of nitrogens with two attached hydrogens (primary N) is 1. The minimum atomic E-state index is -0.830. The molecule has 1 fully saturated rings. The molecule has 1 aliphatic rings. The highest BCUT2D eigenvalue weighted by molar-refractivity contribution is 5.91. The van der Waals surface area contributed by atoms with Crippen LogP contribution in [0.3, 0.4) is 0 Å². The Kier molecular flexibility index (Phi) is 1.68. The molecule has 4 nitrogen and oxygen atoms in total. The maximum absolute atomic E-state index is 10.8. The van der Waals surface area contributed by atoms with Crippen molar-refractivity contribution in [3.63, 3.8) is 0 Å². The third kappa shape index (κ3) is 1.00. The number of nitrogens with one attached hydrogen (secondary N) is 1. The van der Waals surface area contributed by atoms with E-state index in [1.54, 1.807) is 6.08 Å². The lowest BCUT2D eigenvalue weighted by molar-refractivity contribution is -0.124. The zero-order valence-corrected chi connectivity index (χ0v) is 6.04. The van der Waals surface area contributed by atoms with Gasteiger partial charge in [-0.15, -0.1) is 6.58 Å². The van der Waals surface area contributed by atoms with Crippen molar-refractivity contribution in [1.82, 2.24) is 5.32 Å². The molecule has 0 bridgehead atoms. The highest BCUT2D eigenvalue weighted by atomic mass is 16.2. The van der Waals surface area contributed by atoms with Gasteiger partial charge in [0.2, 0.25) is 12.3 Å². The molecule has 0 saturated heterocycles. The summed E-state index contributed by atoms with van der Waals surface area (Å²) in [4.78, 5) is 20.9. The number of carbonyl (C=O) groups is 2. The predicted molar refractivity (Wildman–Crippen MR) is 39.4 cm³/mol. The second-order valence-electron chi connectivity index (χ2n) is 2.64. The second-order valence-corrected chi connectivity index (χ2v) is 2.64. The van der Waals surface area contributed by atoms with Crippen LogP contribution in [0.4, 0.5) is 0 Å². The first-order valence-corrected chi connectivity index (χ1v) is 3.31. The van der Waals surface area contributed by atoms with Gasteiger partial charge in [-0.05, 0) is 6.42 Å². The summed E-state index contributed by atoms with van der Waals surface area (Å²) in [5.41, 5.74) is 4.25. The van der Waals surface area contributed by atoms with Crippen LogP contribution in [0.25, 0.3) is 0 Å². The Morgan fingerprint density at radius 1 is 1.82 bits per heavy atom. The van der Waals surface area contributed by atoms with E-state index < -0.39 is 11.4 Å². The highest BCUT2D eigenvalue weighted by Gasteiger charge is 2.57. The van der Waals surface area contributed by atoms with Gasteiger partial charge in [-0.1, -0.05) is 6.08 Å². The first-order chi connectivity index (χ1) is 5.17. The van der Waals surface area contributed by atoms with Crippen LogP contribution in [0, 0.1) is 5.92 Å². The van der Waals surface area contributed by atoms with E-state index in [2.05, 4.69) is 11.9 Å². The van der Waals surface area contributed by atoms with Gasteiger partial charge in [0, 0.05) is 5.92 Å². The molecule has 0 aromatic rings. The van der Waals surface area contributed by atoms with E-state index >= 15 is 0 Å². The SMILES string of the molecule is C=C[C@@H]1C[C@]1(NC=O)C(N)=O. The maximum atomic E-state index is 10.8. The lowest BCUT2D eigenvalue weighted by Gasteiger charge is -2.09.